The number of amides is 3. The standard InChI is InChI=1S/C20H36BrN3O9/c1-2-30-9-11-32-14-18(26)23-7-8-31-10-12-33-15-19(27)24-16(20(28)29)5-3-4-6-22-17(25)13-21/h16H,2-15H2,1H3,(H,22,25)(H,23,26)(H,24,27)(H,28,29)/t16-/m1/s1. The van der Waals surface area contributed by atoms with Gasteiger partial charge in [0.2, 0.25) is 17.7 Å². The van der Waals surface area contributed by atoms with Crippen LogP contribution in [0.5, 0.6) is 0 Å². The van der Waals surface area contributed by atoms with Crippen molar-refractivity contribution in [3.8, 4) is 0 Å². The van der Waals surface area contributed by atoms with E-state index in [9.17, 15) is 24.3 Å². The largest absolute Gasteiger partial charge is 0.480 e. The molecule has 1 atom stereocenters. The Morgan fingerprint density at radius 2 is 1.39 bits per heavy atom. The van der Waals surface area contributed by atoms with Gasteiger partial charge in [0.1, 0.15) is 19.3 Å². The normalized spacial score (nSPS) is 11.6. The van der Waals surface area contributed by atoms with Crippen LogP contribution in [0.2, 0.25) is 0 Å². The molecular weight excluding hydrogens is 506 g/mol. The molecule has 0 aliphatic carbocycles. The quantitative estimate of drug-likeness (QED) is 0.104. The Bertz CT molecular complexity index is 567. The molecule has 12 nitrogen and oxygen atoms in total. The number of unbranched alkanes of at least 4 members (excludes halogenated alkanes) is 1. The van der Waals surface area contributed by atoms with Crippen molar-refractivity contribution in [1.82, 2.24) is 16.0 Å². The first-order valence-corrected chi connectivity index (χ1v) is 11.9. The first-order chi connectivity index (χ1) is 15.9. The van der Waals surface area contributed by atoms with Crippen LogP contribution < -0.4 is 16.0 Å². The van der Waals surface area contributed by atoms with Crippen LogP contribution in [-0.4, -0.2) is 106 Å². The maximum absolute atomic E-state index is 11.9. The summed E-state index contributed by atoms with van der Waals surface area (Å²) >= 11 is 3.03. The fourth-order valence-electron chi connectivity index (χ4n) is 2.37. The topological polar surface area (TPSA) is 162 Å². The summed E-state index contributed by atoms with van der Waals surface area (Å²) in [7, 11) is 0. The molecular formula is C20H36BrN3O9. The highest BCUT2D eigenvalue weighted by Crippen LogP contribution is 2.01. The van der Waals surface area contributed by atoms with Crippen LogP contribution in [0.3, 0.4) is 0 Å². The van der Waals surface area contributed by atoms with Crippen molar-refractivity contribution in [2.24, 2.45) is 0 Å². The molecule has 0 aromatic carbocycles. The third kappa shape index (κ3) is 20.5. The zero-order valence-corrected chi connectivity index (χ0v) is 20.7. The highest BCUT2D eigenvalue weighted by atomic mass is 79.9. The number of aliphatic carboxylic acids is 1. The third-order valence-electron chi connectivity index (χ3n) is 3.98. The summed E-state index contributed by atoms with van der Waals surface area (Å²) in [4.78, 5) is 45.7. The Hall–Kier alpha value is -1.80. The molecule has 0 saturated heterocycles. The van der Waals surface area contributed by atoms with Gasteiger partial charge < -0.3 is 40.0 Å². The number of carboxylic acid groups (broad SMARTS) is 1. The number of carbonyl (C=O) groups is 4. The molecule has 192 valence electrons. The molecule has 0 bridgehead atoms. The summed E-state index contributed by atoms with van der Waals surface area (Å²) in [5.74, 6) is -2.05. The summed E-state index contributed by atoms with van der Waals surface area (Å²) in [6, 6.07) is -1.02. The Morgan fingerprint density at radius 3 is 2.03 bits per heavy atom. The number of carboxylic acids is 1. The first kappa shape index (κ1) is 31.2. The van der Waals surface area contributed by atoms with Gasteiger partial charge in [0.05, 0.1) is 38.4 Å². The van der Waals surface area contributed by atoms with Gasteiger partial charge in [-0.3, -0.25) is 14.4 Å². The molecule has 0 radical (unpaired) electrons. The Morgan fingerprint density at radius 1 is 0.788 bits per heavy atom. The average molecular weight is 542 g/mol. The molecule has 0 fully saturated rings. The summed E-state index contributed by atoms with van der Waals surface area (Å²) in [5.41, 5.74) is 0. The van der Waals surface area contributed by atoms with Crippen LogP contribution in [0.25, 0.3) is 0 Å². The summed E-state index contributed by atoms with van der Waals surface area (Å²) in [5, 5.41) is 17.2. The van der Waals surface area contributed by atoms with Gasteiger partial charge in [-0.05, 0) is 26.2 Å². The minimum absolute atomic E-state index is 0.0453. The van der Waals surface area contributed by atoms with Crippen LogP contribution in [0, 0.1) is 0 Å². The van der Waals surface area contributed by atoms with Crippen LogP contribution in [0.4, 0.5) is 0 Å². The molecule has 33 heavy (non-hydrogen) atoms. The van der Waals surface area contributed by atoms with E-state index in [2.05, 4.69) is 31.9 Å². The number of rotatable bonds is 22. The van der Waals surface area contributed by atoms with E-state index in [1.807, 2.05) is 6.92 Å². The highest BCUT2D eigenvalue weighted by Gasteiger charge is 2.19. The number of alkyl halides is 1. The first-order valence-electron chi connectivity index (χ1n) is 10.8. The Labute approximate surface area is 202 Å². The van der Waals surface area contributed by atoms with Gasteiger partial charge in [-0.1, -0.05) is 15.9 Å². The van der Waals surface area contributed by atoms with E-state index in [1.54, 1.807) is 0 Å². The van der Waals surface area contributed by atoms with Gasteiger partial charge in [-0.25, -0.2) is 4.79 Å². The zero-order chi connectivity index (χ0) is 24.7. The molecule has 4 N–H and O–H groups in total. The van der Waals surface area contributed by atoms with E-state index in [1.165, 1.54) is 0 Å². The van der Waals surface area contributed by atoms with E-state index < -0.39 is 17.9 Å². The minimum Gasteiger partial charge on any atom is -0.480 e. The molecule has 13 heteroatoms. The van der Waals surface area contributed by atoms with Crippen molar-refractivity contribution in [2.75, 3.05) is 71.3 Å². The SMILES string of the molecule is CCOCCOCC(=O)NCCOCCOCC(=O)N[C@H](CCCCNC(=O)CBr)C(=O)O. The van der Waals surface area contributed by atoms with Crippen molar-refractivity contribution < 1.29 is 43.2 Å². The van der Waals surface area contributed by atoms with Crippen molar-refractivity contribution in [3.05, 3.63) is 0 Å². The lowest BCUT2D eigenvalue weighted by atomic mass is 10.1. The van der Waals surface area contributed by atoms with Crippen molar-refractivity contribution >= 4 is 39.6 Å². The molecule has 0 rings (SSSR count). The second-order valence-corrected chi connectivity index (χ2v) is 7.26. The van der Waals surface area contributed by atoms with Gasteiger partial charge in [-0.15, -0.1) is 0 Å². The molecule has 0 heterocycles. The molecule has 0 aliphatic rings. The van der Waals surface area contributed by atoms with Crippen LogP contribution >= 0.6 is 15.9 Å². The van der Waals surface area contributed by atoms with E-state index in [-0.39, 0.29) is 56.6 Å². The molecule has 0 aromatic heterocycles. The number of hydrogen-bond acceptors (Lipinski definition) is 8. The fourth-order valence-corrected chi connectivity index (χ4v) is 2.57. The number of carbonyl (C=O) groups excluding carboxylic acids is 3. The molecule has 3 amide bonds. The second-order valence-electron chi connectivity index (χ2n) is 6.70. The van der Waals surface area contributed by atoms with Gasteiger partial charge in [0.25, 0.3) is 0 Å². The van der Waals surface area contributed by atoms with Crippen LogP contribution in [0.15, 0.2) is 0 Å². The smallest absolute Gasteiger partial charge is 0.326 e. The van der Waals surface area contributed by atoms with Crippen molar-refractivity contribution in [1.29, 1.82) is 0 Å². The van der Waals surface area contributed by atoms with E-state index in [4.69, 9.17) is 18.9 Å². The molecule has 0 spiro atoms. The van der Waals surface area contributed by atoms with Gasteiger partial charge >= 0.3 is 5.97 Å². The molecule has 0 aliphatic heterocycles. The number of halogens is 1. The maximum atomic E-state index is 11.9. The van der Waals surface area contributed by atoms with Crippen LogP contribution in [0.1, 0.15) is 26.2 Å². The average Bonchev–Trinajstić information content (AvgIpc) is 2.79. The minimum atomic E-state index is -1.13. The highest BCUT2D eigenvalue weighted by molar-refractivity contribution is 9.09. The fraction of sp³-hybridized carbons (Fsp3) is 0.800. The van der Waals surface area contributed by atoms with Crippen molar-refractivity contribution in [2.45, 2.75) is 32.2 Å². The summed E-state index contributed by atoms with van der Waals surface area (Å²) < 4.78 is 20.7. The Balaban J connectivity index is 3.69. The van der Waals surface area contributed by atoms with E-state index >= 15 is 0 Å². The lowest BCUT2D eigenvalue weighted by Gasteiger charge is -2.14. The van der Waals surface area contributed by atoms with E-state index in [0.717, 1.165) is 0 Å². The predicted molar refractivity (Wildman–Crippen MR) is 122 cm³/mol. The number of hydrogen-bond donors (Lipinski definition) is 4. The van der Waals surface area contributed by atoms with Crippen molar-refractivity contribution in [3.63, 3.8) is 0 Å². The Kier molecular flexibility index (Phi) is 20.8. The number of nitrogens with one attached hydrogen (secondary N) is 3. The summed E-state index contributed by atoms with van der Waals surface area (Å²) in [6.07, 6.45) is 1.38. The molecule has 0 aromatic rings. The molecule has 0 saturated carbocycles. The monoisotopic (exact) mass is 541 g/mol. The second kappa shape index (κ2) is 22.0. The van der Waals surface area contributed by atoms with Gasteiger partial charge in [0.15, 0.2) is 0 Å². The zero-order valence-electron chi connectivity index (χ0n) is 19.1. The lowest BCUT2D eigenvalue weighted by molar-refractivity contribution is -0.142. The van der Waals surface area contributed by atoms with Gasteiger partial charge in [0, 0.05) is 19.7 Å². The third-order valence-corrected chi connectivity index (χ3v) is 4.49. The summed E-state index contributed by atoms with van der Waals surface area (Å²) in [6.45, 7) is 4.34. The lowest BCUT2D eigenvalue weighted by Crippen LogP contribution is -2.42. The van der Waals surface area contributed by atoms with Gasteiger partial charge in [-0.2, -0.15) is 0 Å². The molecule has 0 unspecified atom stereocenters. The predicted octanol–water partition coefficient (Wildman–Crippen LogP) is -0.560. The number of ether oxygens (including phenoxy) is 4. The van der Waals surface area contributed by atoms with E-state index in [0.29, 0.717) is 45.8 Å². The van der Waals surface area contributed by atoms with Crippen LogP contribution in [-0.2, 0) is 38.1 Å². The maximum Gasteiger partial charge on any atom is 0.326 e.